The van der Waals surface area contributed by atoms with Crippen molar-refractivity contribution in [2.24, 2.45) is 5.92 Å². The molecule has 0 fully saturated rings. The van der Waals surface area contributed by atoms with Gasteiger partial charge in [0.25, 0.3) is 0 Å². The summed E-state index contributed by atoms with van der Waals surface area (Å²) in [6, 6.07) is 15.7. The molecule has 4 atom stereocenters. The highest BCUT2D eigenvalue weighted by Gasteiger charge is 2.32. The Morgan fingerprint density at radius 3 is 2.03 bits per heavy atom. The van der Waals surface area contributed by atoms with E-state index in [9.17, 15) is 19.5 Å². The molecule has 0 heterocycles. The van der Waals surface area contributed by atoms with Crippen molar-refractivity contribution in [1.82, 2.24) is 10.6 Å². The number of carboxylic acids is 1. The van der Waals surface area contributed by atoms with Crippen molar-refractivity contribution in [3.05, 3.63) is 66.2 Å². The highest BCUT2D eigenvalue weighted by molar-refractivity contribution is 5.98. The second-order valence-electron chi connectivity index (χ2n) is 8.75. The van der Waals surface area contributed by atoms with Crippen LogP contribution in [0.5, 0.6) is 0 Å². The van der Waals surface area contributed by atoms with Gasteiger partial charge in [0.15, 0.2) is 0 Å². The van der Waals surface area contributed by atoms with E-state index in [1.54, 1.807) is 19.1 Å². The first-order valence-corrected chi connectivity index (χ1v) is 11.5. The number of carboxylic acid groups (broad SMARTS) is 1. The largest absolute Gasteiger partial charge is 0.480 e. The highest BCUT2D eigenvalue weighted by atomic mass is 16.5. The van der Waals surface area contributed by atoms with Crippen LogP contribution in [0.2, 0.25) is 0 Å². The average Bonchev–Trinajstić information content (AvgIpc) is 2.81. The topological polar surface area (TPSA) is 117 Å². The quantitative estimate of drug-likeness (QED) is 0.358. The summed E-state index contributed by atoms with van der Waals surface area (Å²) in [5.41, 5.74) is 1.56. The minimum atomic E-state index is -1.09. The zero-order valence-electron chi connectivity index (χ0n) is 20.2. The minimum Gasteiger partial charge on any atom is -0.480 e. The number of amides is 2. The Bertz CT molecular complexity index is 921. The predicted molar refractivity (Wildman–Crippen MR) is 131 cm³/mol. The SMILES string of the molecule is CC(C)C[C@H](NC(=O)[C@@H](N[C@H](C)C(=O)O)C(C)OCc1ccccc1)C(=O)Nc1ccccc1. The van der Waals surface area contributed by atoms with Crippen LogP contribution >= 0.6 is 0 Å². The molecule has 8 heteroatoms. The summed E-state index contributed by atoms with van der Waals surface area (Å²) in [6.07, 6.45) is -0.232. The van der Waals surface area contributed by atoms with Gasteiger partial charge in [-0.3, -0.25) is 19.7 Å². The average molecular weight is 470 g/mol. The molecule has 2 aromatic rings. The molecule has 34 heavy (non-hydrogen) atoms. The molecule has 0 radical (unpaired) electrons. The van der Waals surface area contributed by atoms with E-state index in [-0.39, 0.29) is 18.4 Å². The molecule has 8 nitrogen and oxygen atoms in total. The lowest BCUT2D eigenvalue weighted by atomic mass is 10.0. The molecule has 2 aromatic carbocycles. The molecule has 0 aliphatic rings. The van der Waals surface area contributed by atoms with E-state index in [4.69, 9.17) is 4.74 Å². The van der Waals surface area contributed by atoms with E-state index >= 15 is 0 Å². The van der Waals surface area contributed by atoms with Gasteiger partial charge >= 0.3 is 5.97 Å². The number of rotatable bonds is 13. The van der Waals surface area contributed by atoms with Crippen molar-refractivity contribution in [3.63, 3.8) is 0 Å². The second-order valence-corrected chi connectivity index (χ2v) is 8.75. The maximum Gasteiger partial charge on any atom is 0.320 e. The van der Waals surface area contributed by atoms with E-state index in [1.165, 1.54) is 6.92 Å². The lowest BCUT2D eigenvalue weighted by molar-refractivity contribution is -0.140. The summed E-state index contributed by atoms with van der Waals surface area (Å²) in [5.74, 6) is -1.78. The fourth-order valence-corrected chi connectivity index (χ4v) is 3.38. The summed E-state index contributed by atoms with van der Waals surface area (Å²) in [7, 11) is 0. The fraction of sp³-hybridized carbons (Fsp3) is 0.423. The van der Waals surface area contributed by atoms with Gasteiger partial charge in [-0.15, -0.1) is 0 Å². The fourth-order valence-electron chi connectivity index (χ4n) is 3.38. The molecule has 0 aliphatic heterocycles. The van der Waals surface area contributed by atoms with Gasteiger partial charge < -0.3 is 20.5 Å². The van der Waals surface area contributed by atoms with Gasteiger partial charge in [-0.05, 0) is 43.9 Å². The number of aliphatic carboxylic acids is 1. The molecule has 0 aromatic heterocycles. The van der Waals surface area contributed by atoms with Crippen molar-refractivity contribution in [3.8, 4) is 0 Å². The van der Waals surface area contributed by atoms with Crippen LogP contribution in [0.1, 0.15) is 39.7 Å². The van der Waals surface area contributed by atoms with Crippen LogP contribution in [0.4, 0.5) is 5.69 Å². The van der Waals surface area contributed by atoms with Crippen molar-refractivity contribution in [1.29, 1.82) is 0 Å². The number of ether oxygens (including phenoxy) is 1. The van der Waals surface area contributed by atoms with Crippen LogP contribution in [-0.4, -0.2) is 47.1 Å². The van der Waals surface area contributed by atoms with Gasteiger partial charge in [0.1, 0.15) is 18.1 Å². The first-order valence-electron chi connectivity index (χ1n) is 11.5. The zero-order valence-corrected chi connectivity index (χ0v) is 20.2. The summed E-state index contributed by atoms with van der Waals surface area (Å²) < 4.78 is 5.89. The molecular formula is C26H35N3O5. The van der Waals surface area contributed by atoms with Gasteiger partial charge in [0.05, 0.1) is 12.7 Å². The maximum atomic E-state index is 13.3. The van der Waals surface area contributed by atoms with Crippen LogP contribution in [-0.2, 0) is 25.7 Å². The number of carbonyl (C=O) groups excluding carboxylic acids is 2. The molecule has 0 saturated carbocycles. The zero-order chi connectivity index (χ0) is 25.1. The van der Waals surface area contributed by atoms with E-state index in [0.29, 0.717) is 12.1 Å². The molecule has 2 rings (SSSR count). The number of benzene rings is 2. The molecule has 0 saturated heterocycles. The van der Waals surface area contributed by atoms with Crippen LogP contribution in [0.3, 0.4) is 0 Å². The van der Waals surface area contributed by atoms with Crippen molar-refractivity contribution < 1.29 is 24.2 Å². The van der Waals surface area contributed by atoms with Gasteiger partial charge in [-0.1, -0.05) is 62.4 Å². The Hall–Kier alpha value is -3.23. The molecule has 0 spiro atoms. The summed E-state index contributed by atoms with van der Waals surface area (Å²) in [6.45, 7) is 7.35. The summed E-state index contributed by atoms with van der Waals surface area (Å²) >= 11 is 0. The molecule has 0 aliphatic carbocycles. The van der Waals surface area contributed by atoms with Crippen LogP contribution in [0.25, 0.3) is 0 Å². The molecule has 1 unspecified atom stereocenters. The second kappa shape index (κ2) is 13.5. The summed E-state index contributed by atoms with van der Waals surface area (Å²) in [4.78, 5) is 37.7. The normalized spacial score (nSPS) is 14.6. The molecular weight excluding hydrogens is 434 g/mol. The van der Waals surface area contributed by atoms with Crippen LogP contribution in [0.15, 0.2) is 60.7 Å². The van der Waals surface area contributed by atoms with Gasteiger partial charge in [0, 0.05) is 5.69 Å². The van der Waals surface area contributed by atoms with Crippen molar-refractivity contribution >= 4 is 23.5 Å². The first-order chi connectivity index (χ1) is 16.2. The Labute approximate surface area is 201 Å². The van der Waals surface area contributed by atoms with Crippen molar-refractivity contribution in [2.75, 3.05) is 5.32 Å². The number of nitrogens with one attached hydrogen (secondary N) is 3. The Morgan fingerprint density at radius 1 is 0.882 bits per heavy atom. The lowest BCUT2D eigenvalue weighted by Gasteiger charge is -2.29. The van der Waals surface area contributed by atoms with Crippen LogP contribution in [0, 0.1) is 5.92 Å². The van der Waals surface area contributed by atoms with Crippen LogP contribution < -0.4 is 16.0 Å². The third-order valence-electron chi connectivity index (χ3n) is 5.29. The van der Waals surface area contributed by atoms with E-state index in [0.717, 1.165) is 5.56 Å². The monoisotopic (exact) mass is 469 g/mol. The maximum absolute atomic E-state index is 13.3. The number of para-hydroxylation sites is 1. The van der Waals surface area contributed by atoms with E-state index in [1.807, 2.05) is 62.4 Å². The Morgan fingerprint density at radius 2 is 1.47 bits per heavy atom. The first kappa shape index (κ1) is 27.0. The van der Waals surface area contributed by atoms with E-state index < -0.39 is 36.1 Å². The number of hydrogen-bond donors (Lipinski definition) is 4. The summed E-state index contributed by atoms with van der Waals surface area (Å²) in [5, 5.41) is 17.8. The third kappa shape index (κ3) is 8.96. The molecule has 2 amide bonds. The minimum absolute atomic E-state index is 0.142. The number of hydrogen-bond acceptors (Lipinski definition) is 5. The standard InChI is InChI=1S/C26H35N3O5/c1-17(2)15-22(24(30)28-21-13-9-6-10-14-21)29-25(31)23(27-18(3)26(32)33)19(4)34-16-20-11-7-5-8-12-20/h5-14,17-19,22-23,27H,15-16H2,1-4H3,(H,28,30)(H,29,31)(H,32,33)/t18-,19?,22+,23+/m1/s1. The molecule has 184 valence electrons. The molecule has 0 bridgehead atoms. The smallest absolute Gasteiger partial charge is 0.320 e. The Balaban J connectivity index is 2.14. The van der Waals surface area contributed by atoms with E-state index in [2.05, 4.69) is 16.0 Å². The van der Waals surface area contributed by atoms with Gasteiger partial charge in [-0.25, -0.2) is 0 Å². The molecule has 4 N–H and O–H groups in total. The Kier molecular flexibility index (Phi) is 10.7. The number of carbonyl (C=O) groups is 3. The van der Waals surface area contributed by atoms with Gasteiger partial charge in [0.2, 0.25) is 11.8 Å². The van der Waals surface area contributed by atoms with Gasteiger partial charge in [-0.2, -0.15) is 0 Å². The van der Waals surface area contributed by atoms with Crippen molar-refractivity contribution in [2.45, 2.75) is 65.0 Å². The third-order valence-corrected chi connectivity index (χ3v) is 5.29. The highest BCUT2D eigenvalue weighted by Crippen LogP contribution is 2.12. The lowest BCUT2D eigenvalue weighted by Crippen LogP contribution is -2.58. The predicted octanol–water partition coefficient (Wildman–Crippen LogP) is 3.19. The number of anilines is 1.